The second kappa shape index (κ2) is 14.2. The van der Waals surface area contributed by atoms with Crippen LogP contribution >= 0.6 is 0 Å². The second-order valence-corrected chi connectivity index (χ2v) is 11.5. The van der Waals surface area contributed by atoms with Gasteiger partial charge in [-0.3, -0.25) is 14.5 Å². The number of allylic oxidation sites excluding steroid dienone is 1. The minimum Gasteiger partial charge on any atom is -0.480 e. The lowest BCUT2D eigenvalue weighted by Gasteiger charge is -2.29. The molecule has 1 saturated carbocycles. The Morgan fingerprint density at radius 3 is 2.36 bits per heavy atom. The van der Waals surface area contributed by atoms with E-state index < -0.39 is 71.3 Å². The van der Waals surface area contributed by atoms with Gasteiger partial charge in [0.05, 0.1) is 19.3 Å². The van der Waals surface area contributed by atoms with Gasteiger partial charge in [0.1, 0.15) is 23.2 Å². The highest BCUT2D eigenvalue weighted by molar-refractivity contribution is 5.95. The average molecular weight is 608 g/mol. The van der Waals surface area contributed by atoms with E-state index in [1.807, 2.05) is 0 Å². The van der Waals surface area contributed by atoms with Gasteiger partial charge in [0.15, 0.2) is 0 Å². The van der Waals surface area contributed by atoms with E-state index in [2.05, 4.69) is 5.32 Å². The number of halogens is 3. The average Bonchev–Trinajstić information content (AvgIpc) is 3.40. The van der Waals surface area contributed by atoms with Crippen molar-refractivity contribution in [1.29, 1.82) is 0 Å². The normalized spacial score (nSPS) is 24.7. The molecule has 238 valence electrons. The highest BCUT2D eigenvalue weighted by Crippen LogP contribution is 2.46. The summed E-state index contributed by atoms with van der Waals surface area (Å²) < 4.78 is 47.7. The summed E-state index contributed by atoms with van der Waals surface area (Å²) in [6.07, 6.45) is -1.46. The number of alkyl halides is 3. The number of β-amino-alcohol motifs (C(OH)–C–C–N with tert-alkyl or cyclic N) is 1. The smallest absolute Gasteiger partial charge is 0.471 e. The SMILES string of the molecule is CCOC(=O)[C@@]1(NC(=O)[C@H]2C[C@@H](O)CN2C(=O)OC(C)(C)C)C[C@H]1/C=C/CCCCC[C@H](NC(=O)C(F)(F)F)C(=O)O. The standard InChI is InChI=1S/C27H40F3N3O9/c1-5-41-23(39)26(32-20(35)19-13-17(34)15-33(19)24(40)42-25(2,3)4)14-16(26)11-9-7-6-8-10-12-18(21(36)37)31-22(38)27(28,29)30/h9,11,16-19,34H,5-8,10,12-15H2,1-4H3,(H,31,38)(H,32,35)(H,36,37)/b11-9+/t16-,17-,18+,19-,26-/m1/s1. The van der Waals surface area contributed by atoms with E-state index in [1.165, 1.54) is 5.32 Å². The van der Waals surface area contributed by atoms with Crippen molar-refractivity contribution in [2.24, 2.45) is 5.92 Å². The first-order chi connectivity index (χ1) is 19.4. The van der Waals surface area contributed by atoms with Crippen LogP contribution in [-0.4, -0.2) is 93.6 Å². The van der Waals surface area contributed by atoms with Crippen LogP contribution in [0.2, 0.25) is 0 Å². The van der Waals surface area contributed by atoms with E-state index >= 15 is 0 Å². The predicted octanol–water partition coefficient (Wildman–Crippen LogP) is 2.43. The zero-order valence-electron chi connectivity index (χ0n) is 24.2. The summed E-state index contributed by atoms with van der Waals surface area (Å²) in [5.41, 5.74) is -2.15. The van der Waals surface area contributed by atoms with Crippen molar-refractivity contribution >= 4 is 29.8 Å². The van der Waals surface area contributed by atoms with Gasteiger partial charge in [-0.15, -0.1) is 0 Å². The first-order valence-corrected chi connectivity index (χ1v) is 13.8. The molecule has 0 radical (unpaired) electrons. The van der Waals surface area contributed by atoms with Gasteiger partial charge in [-0.25, -0.2) is 14.4 Å². The van der Waals surface area contributed by atoms with E-state index in [4.69, 9.17) is 14.6 Å². The number of amides is 3. The van der Waals surface area contributed by atoms with Crippen LogP contribution in [0.5, 0.6) is 0 Å². The number of aliphatic hydroxyl groups is 1. The highest BCUT2D eigenvalue weighted by atomic mass is 19.4. The first kappa shape index (κ1) is 34.8. The Labute approximate surface area is 242 Å². The number of ether oxygens (including phenoxy) is 2. The minimum absolute atomic E-state index is 0.0207. The molecule has 42 heavy (non-hydrogen) atoms. The second-order valence-electron chi connectivity index (χ2n) is 11.5. The third-order valence-corrected chi connectivity index (χ3v) is 6.80. The molecule has 0 aromatic carbocycles. The summed E-state index contributed by atoms with van der Waals surface area (Å²) in [6, 6.07) is -2.69. The molecule has 0 bridgehead atoms. The van der Waals surface area contributed by atoms with Crippen molar-refractivity contribution < 1.29 is 56.8 Å². The maximum Gasteiger partial charge on any atom is 0.471 e. The van der Waals surface area contributed by atoms with Crippen molar-refractivity contribution in [2.45, 2.75) is 108 Å². The van der Waals surface area contributed by atoms with Crippen LogP contribution in [0, 0.1) is 5.92 Å². The Kier molecular flexibility index (Phi) is 11.8. The molecule has 1 aliphatic carbocycles. The van der Waals surface area contributed by atoms with Crippen LogP contribution in [0.4, 0.5) is 18.0 Å². The molecule has 2 rings (SSSR count). The lowest BCUT2D eigenvalue weighted by Crippen LogP contribution is -2.54. The Morgan fingerprint density at radius 1 is 1.12 bits per heavy atom. The molecule has 4 N–H and O–H groups in total. The van der Waals surface area contributed by atoms with Crippen molar-refractivity contribution in [3.63, 3.8) is 0 Å². The maximum atomic E-state index is 13.2. The zero-order valence-corrected chi connectivity index (χ0v) is 24.2. The molecule has 2 fully saturated rings. The molecule has 1 aliphatic heterocycles. The molecule has 0 unspecified atom stereocenters. The van der Waals surface area contributed by atoms with Crippen molar-refractivity contribution in [3.05, 3.63) is 12.2 Å². The number of hydrogen-bond acceptors (Lipinski definition) is 8. The number of carboxylic acids is 1. The summed E-state index contributed by atoms with van der Waals surface area (Å²) in [5.74, 6) is -5.50. The highest BCUT2D eigenvalue weighted by Gasteiger charge is 2.62. The molecule has 1 saturated heterocycles. The molecule has 15 heteroatoms. The molecule has 0 aromatic heterocycles. The van der Waals surface area contributed by atoms with Crippen molar-refractivity contribution in [2.75, 3.05) is 13.2 Å². The van der Waals surface area contributed by atoms with Crippen LogP contribution in [0.1, 0.15) is 72.6 Å². The number of hydrogen-bond donors (Lipinski definition) is 4. The van der Waals surface area contributed by atoms with Crippen LogP contribution in [0.3, 0.4) is 0 Å². The number of carbonyl (C=O) groups is 5. The molecule has 0 spiro atoms. The van der Waals surface area contributed by atoms with E-state index in [0.29, 0.717) is 19.3 Å². The quantitative estimate of drug-likeness (QED) is 0.139. The summed E-state index contributed by atoms with van der Waals surface area (Å²) in [5, 5.41) is 23.4. The van der Waals surface area contributed by atoms with Gasteiger partial charge in [-0.05, 0) is 53.4 Å². The molecule has 1 heterocycles. The minimum atomic E-state index is -5.17. The number of unbranched alkanes of at least 4 members (excludes halogenated alkanes) is 3. The topological polar surface area (TPSA) is 172 Å². The molecule has 12 nitrogen and oxygen atoms in total. The Morgan fingerprint density at radius 2 is 1.79 bits per heavy atom. The summed E-state index contributed by atoms with van der Waals surface area (Å²) in [4.78, 5) is 62.0. The fourth-order valence-corrected chi connectivity index (χ4v) is 4.64. The van der Waals surface area contributed by atoms with Gasteiger partial charge in [-0.1, -0.05) is 25.0 Å². The fourth-order valence-electron chi connectivity index (χ4n) is 4.64. The summed E-state index contributed by atoms with van der Waals surface area (Å²) >= 11 is 0. The summed E-state index contributed by atoms with van der Waals surface area (Å²) in [6.45, 7) is 6.64. The van der Waals surface area contributed by atoms with Crippen LogP contribution in [0.25, 0.3) is 0 Å². The maximum absolute atomic E-state index is 13.2. The number of aliphatic carboxylic acids is 1. The molecule has 5 atom stereocenters. The molecular weight excluding hydrogens is 567 g/mol. The lowest BCUT2D eigenvalue weighted by molar-refractivity contribution is -0.175. The van der Waals surface area contributed by atoms with E-state index in [0.717, 1.165) is 4.90 Å². The first-order valence-electron chi connectivity index (χ1n) is 13.8. The number of carboxylic acid groups (broad SMARTS) is 1. The van der Waals surface area contributed by atoms with Gasteiger partial charge < -0.3 is 30.3 Å². The van der Waals surface area contributed by atoms with Crippen molar-refractivity contribution in [1.82, 2.24) is 15.5 Å². The van der Waals surface area contributed by atoms with Gasteiger partial charge in [0.25, 0.3) is 0 Å². The van der Waals surface area contributed by atoms with E-state index in [-0.39, 0.29) is 38.8 Å². The number of nitrogens with zero attached hydrogens (tertiary/aromatic N) is 1. The van der Waals surface area contributed by atoms with Crippen molar-refractivity contribution in [3.8, 4) is 0 Å². The molecule has 0 aromatic rings. The lowest BCUT2D eigenvalue weighted by atomic mass is 10.1. The van der Waals surface area contributed by atoms with Crippen LogP contribution in [-0.2, 0) is 28.7 Å². The third kappa shape index (κ3) is 9.88. The number of esters is 1. The number of carbonyl (C=O) groups excluding carboxylic acids is 4. The number of aliphatic hydroxyl groups excluding tert-OH is 1. The van der Waals surface area contributed by atoms with Crippen LogP contribution in [0.15, 0.2) is 12.2 Å². The monoisotopic (exact) mass is 607 g/mol. The predicted molar refractivity (Wildman–Crippen MR) is 141 cm³/mol. The third-order valence-electron chi connectivity index (χ3n) is 6.80. The Balaban J connectivity index is 1.92. The zero-order chi connectivity index (χ0) is 31.9. The van der Waals surface area contributed by atoms with Gasteiger partial charge in [0.2, 0.25) is 5.91 Å². The number of likely N-dealkylation sites (tertiary alicyclic amines) is 1. The summed E-state index contributed by atoms with van der Waals surface area (Å²) in [7, 11) is 0. The van der Waals surface area contributed by atoms with Gasteiger partial charge >= 0.3 is 30.1 Å². The number of rotatable bonds is 13. The fraction of sp³-hybridized carbons (Fsp3) is 0.741. The molecule has 2 aliphatic rings. The van der Waals surface area contributed by atoms with Crippen LogP contribution < -0.4 is 10.6 Å². The van der Waals surface area contributed by atoms with Gasteiger partial charge in [-0.2, -0.15) is 13.2 Å². The Hall–Kier alpha value is -3.36. The van der Waals surface area contributed by atoms with E-state index in [1.54, 1.807) is 39.8 Å². The molecular formula is C27H40F3N3O9. The Bertz CT molecular complexity index is 1040. The van der Waals surface area contributed by atoms with E-state index in [9.17, 15) is 42.3 Å². The molecule has 3 amide bonds. The number of nitrogens with one attached hydrogen (secondary N) is 2. The van der Waals surface area contributed by atoms with Gasteiger partial charge in [0, 0.05) is 12.3 Å². The largest absolute Gasteiger partial charge is 0.480 e.